The predicted octanol–water partition coefficient (Wildman–Crippen LogP) is 2.87. The van der Waals surface area contributed by atoms with E-state index in [1.165, 1.54) is 30.9 Å². The summed E-state index contributed by atoms with van der Waals surface area (Å²) in [5.74, 6) is 1.80. The summed E-state index contributed by atoms with van der Waals surface area (Å²) in [6.45, 7) is 7.40. The average Bonchev–Trinajstić information content (AvgIpc) is 2.96. The van der Waals surface area contributed by atoms with Gasteiger partial charge in [-0.15, -0.1) is 11.3 Å². The van der Waals surface area contributed by atoms with E-state index in [0.29, 0.717) is 5.92 Å². The van der Waals surface area contributed by atoms with Crippen LogP contribution in [-0.4, -0.2) is 32.5 Å². The van der Waals surface area contributed by atoms with E-state index in [1.807, 2.05) is 0 Å². The summed E-state index contributed by atoms with van der Waals surface area (Å²) in [6.07, 6.45) is 4.62. The minimum Gasteiger partial charge on any atom is -0.337 e. The second-order valence-electron chi connectivity index (χ2n) is 5.78. The van der Waals surface area contributed by atoms with Crippen LogP contribution in [0.3, 0.4) is 0 Å². The Morgan fingerprint density at radius 1 is 1.35 bits per heavy atom. The second-order valence-corrected chi connectivity index (χ2v) is 6.85. The number of piperidine rings is 1. The zero-order valence-corrected chi connectivity index (χ0v) is 13.3. The fourth-order valence-corrected chi connectivity index (χ4v) is 3.74. The van der Waals surface area contributed by atoms with Crippen molar-refractivity contribution in [2.75, 3.05) is 13.1 Å². The van der Waals surface area contributed by atoms with Gasteiger partial charge in [0.2, 0.25) is 0 Å². The maximum atomic E-state index is 4.70. The summed E-state index contributed by atoms with van der Waals surface area (Å²) in [7, 11) is 2.11. The molecular weight excluding hydrogens is 268 g/mol. The molecule has 0 radical (unpaired) electrons. The number of likely N-dealkylation sites (tertiary alicyclic amines) is 1. The van der Waals surface area contributed by atoms with Gasteiger partial charge in [0.25, 0.3) is 0 Å². The van der Waals surface area contributed by atoms with Crippen LogP contribution in [0.25, 0.3) is 0 Å². The lowest BCUT2D eigenvalue weighted by molar-refractivity contribution is 0.193. The van der Waals surface area contributed by atoms with Crippen LogP contribution in [0.5, 0.6) is 0 Å². The van der Waals surface area contributed by atoms with Gasteiger partial charge in [-0.3, -0.25) is 4.90 Å². The van der Waals surface area contributed by atoms with Crippen molar-refractivity contribution < 1.29 is 0 Å². The molecule has 0 amide bonds. The molecule has 0 aromatic carbocycles. The van der Waals surface area contributed by atoms with Gasteiger partial charge in [-0.05, 0) is 33.2 Å². The van der Waals surface area contributed by atoms with Crippen LogP contribution < -0.4 is 0 Å². The Labute approximate surface area is 124 Å². The first-order valence-corrected chi connectivity index (χ1v) is 8.13. The van der Waals surface area contributed by atoms with E-state index in [0.717, 1.165) is 23.8 Å². The van der Waals surface area contributed by atoms with Crippen molar-refractivity contribution in [3.8, 4) is 0 Å². The number of aromatic nitrogens is 3. The van der Waals surface area contributed by atoms with Crippen molar-refractivity contribution >= 4 is 11.3 Å². The van der Waals surface area contributed by atoms with E-state index in [-0.39, 0.29) is 0 Å². The number of rotatable bonds is 3. The van der Waals surface area contributed by atoms with E-state index < -0.39 is 0 Å². The molecule has 108 valence electrons. The molecular formula is C15H22N4S. The van der Waals surface area contributed by atoms with Gasteiger partial charge in [0.15, 0.2) is 0 Å². The second kappa shape index (κ2) is 5.66. The van der Waals surface area contributed by atoms with Gasteiger partial charge in [0, 0.05) is 37.6 Å². The summed E-state index contributed by atoms with van der Waals surface area (Å²) < 4.78 is 2.19. The van der Waals surface area contributed by atoms with Gasteiger partial charge in [0.1, 0.15) is 5.82 Å². The number of aryl methyl sites for hydroxylation is 3. The molecule has 1 fully saturated rings. The van der Waals surface area contributed by atoms with Crippen LogP contribution in [0.1, 0.15) is 41.0 Å². The molecule has 1 aliphatic heterocycles. The number of nitrogens with zero attached hydrogens (tertiary/aromatic N) is 4. The highest BCUT2D eigenvalue weighted by atomic mass is 32.1. The standard InChI is InChI=1S/C15H22N4S/c1-11-7-18(3)15(16-11)13-5-4-6-19(8-13)9-14-10-20-12(2)17-14/h7,10,13H,4-6,8-9H2,1-3H3/t13-/m1/s1. The van der Waals surface area contributed by atoms with Crippen LogP contribution in [-0.2, 0) is 13.6 Å². The monoisotopic (exact) mass is 290 g/mol. The molecule has 3 rings (SSSR count). The SMILES string of the molecule is Cc1cn(C)c([C@@H]2CCCN(Cc3csc(C)n3)C2)n1. The zero-order chi connectivity index (χ0) is 14.1. The third kappa shape index (κ3) is 2.94. The molecule has 0 saturated carbocycles. The molecule has 0 bridgehead atoms. The molecule has 3 heterocycles. The van der Waals surface area contributed by atoms with E-state index in [9.17, 15) is 0 Å². The fraction of sp³-hybridized carbons (Fsp3) is 0.600. The maximum Gasteiger partial charge on any atom is 0.113 e. The Kier molecular flexibility index (Phi) is 3.89. The van der Waals surface area contributed by atoms with Crippen LogP contribution in [0.15, 0.2) is 11.6 Å². The molecule has 0 N–H and O–H groups in total. The number of hydrogen-bond donors (Lipinski definition) is 0. The van der Waals surface area contributed by atoms with Crippen LogP contribution in [0.2, 0.25) is 0 Å². The largest absolute Gasteiger partial charge is 0.337 e. The van der Waals surface area contributed by atoms with Crippen molar-refractivity contribution in [3.05, 3.63) is 33.8 Å². The number of imidazole rings is 1. The van der Waals surface area contributed by atoms with Gasteiger partial charge in [-0.1, -0.05) is 0 Å². The van der Waals surface area contributed by atoms with Gasteiger partial charge in [-0.25, -0.2) is 9.97 Å². The predicted molar refractivity (Wildman–Crippen MR) is 82.0 cm³/mol. The molecule has 0 aliphatic carbocycles. The first-order valence-electron chi connectivity index (χ1n) is 7.25. The Balaban J connectivity index is 1.68. The summed E-state index contributed by atoms with van der Waals surface area (Å²) >= 11 is 1.74. The van der Waals surface area contributed by atoms with Crippen LogP contribution in [0, 0.1) is 13.8 Å². The third-order valence-corrected chi connectivity index (χ3v) is 4.78. The molecule has 1 atom stereocenters. The Hall–Kier alpha value is -1.20. The van der Waals surface area contributed by atoms with Gasteiger partial charge < -0.3 is 4.57 Å². The summed E-state index contributed by atoms with van der Waals surface area (Å²) in [5, 5.41) is 3.34. The van der Waals surface area contributed by atoms with Gasteiger partial charge in [-0.2, -0.15) is 0 Å². The minimum absolute atomic E-state index is 0.558. The van der Waals surface area contributed by atoms with E-state index in [4.69, 9.17) is 4.98 Å². The Bertz CT molecular complexity index is 586. The van der Waals surface area contributed by atoms with Crippen molar-refractivity contribution in [1.29, 1.82) is 0 Å². The molecule has 4 nitrogen and oxygen atoms in total. The summed E-state index contributed by atoms with van der Waals surface area (Å²) in [4.78, 5) is 11.8. The normalized spacial score (nSPS) is 20.4. The Morgan fingerprint density at radius 2 is 2.20 bits per heavy atom. The maximum absolute atomic E-state index is 4.70. The fourth-order valence-electron chi connectivity index (χ4n) is 3.13. The average molecular weight is 290 g/mol. The molecule has 0 spiro atoms. The lowest BCUT2D eigenvalue weighted by Crippen LogP contribution is -2.34. The lowest BCUT2D eigenvalue weighted by Gasteiger charge is -2.31. The van der Waals surface area contributed by atoms with Crippen molar-refractivity contribution in [3.63, 3.8) is 0 Å². The Morgan fingerprint density at radius 3 is 2.85 bits per heavy atom. The minimum atomic E-state index is 0.558. The highest BCUT2D eigenvalue weighted by Crippen LogP contribution is 2.27. The molecule has 2 aromatic rings. The van der Waals surface area contributed by atoms with Crippen molar-refractivity contribution in [1.82, 2.24) is 19.4 Å². The smallest absolute Gasteiger partial charge is 0.113 e. The van der Waals surface area contributed by atoms with Crippen molar-refractivity contribution in [2.24, 2.45) is 7.05 Å². The molecule has 2 aromatic heterocycles. The van der Waals surface area contributed by atoms with Crippen LogP contribution >= 0.6 is 11.3 Å². The first kappa shape index (κ1) is 13.8. The number of hydrogen-bond acceptors (Lipinski definition) is 4. The first-order chi connectivity index (χ1) is 9.61. The summed E-state index contributed by atoms with van der Waals surface area (Å²) in [5.41, 5.74) is 2.33. The number of thiazole rings is 1. The van der Waals surface area contributed by atoms with E-state index in [1.54, 1.807) is 11.3 Å². The zero-order valence-electron chi connectivity index (χ0n) is 12.5. The quantitative estimate of drug-likeness (QED) is 0.871. The van der Waals surface area contributed by atoms with Crippen LogP contribution in [0.4, 0.5) is 0 Å². The topological polar surface area (TPSA) is 34.0 Å². The van der Waals surface area contributed by atoms with Gasteiger partial charge in [0.05, 0.1) is 16.4 Å². The molecule has 0 unspecified atom stereocenters. The highest BCUT2D eigenvalue weighted by Gasteiger charge is 2.24. The third-order valence-electron chi connectivity index (χ3n) is 3.96. The highest BCUT2D eigenvalue weighted by molar-refractivity contribution is 7.09. The molecule has 1 saturated heterocycles. The molecule has 1 aliphatic rings. The lowest BCUT2D eigenvalue weighted by atomic mass is 9.97. The summed E-state index contributed by atoms with van der Waals surface area (Å²) in [6, 6.07) is 0. The van der Waals surface area contributed by atoms with E-state index >= 15 is 0 Å². The van der Waals surface area contributed by atoms with E-state index in [2.05, 4.69) is 46.9 Å². The van der Waals surface area contributed by atoms with Gasteiger partial charge >= 0.3 is 0 Å². The molecule has 5 heteroatoms. The van der Waals surface area contributed by atoms with Crippen molar-refractivity contribution in [2.45, 2.75) is 39.2 Å². The molecule has 20 heavy (non-hydrogen) atoms.